The van der Waals surface area contributed by atoms with E-state index in [9.17, 15) is 4.79 Å². The minimum absolute atomic E-state index is 0.180. The summed E-state index contributed by atoms with van der Waals surface area (Å²) in [5.74, 6) is -0.275. The number of rotatable bonds is 5. The van der Waals surface area contributed by atoms with Crippen molar-refractivity contribution >= 4 is 28.1 Å². The van der Waals surface area contributed by atoms with Crippen LogP contribution in [0.5, 0.6) is 0 Å². The van der Waals surface area contributed by atoms with Gasteiger partial charge in [0.15, 0.2) is 5.13 Å². The fourth-order valence-corrected chi connectivity index (χ4v) is 2.29. The lowest BCUT2D eigenvalue weighted by molar-refractivity contribution is -0.142. The molecule has 2 rings (SSSR count). The number of ether oxygens (including phenoxy) is 1. The molecule has 5 nitrogen and oxygen atoms in total. The highest BCUT2D eigenvalue weighted by Gasteiger charge is 2.08. The van der Waals surface area contributed by atoms with Crippen molar-refractivity contribution in [1.82, 2.24) is 4.98 Å². The van der Waals surface area contributed by atoms with Crippen molar-refractivity contribution in [2.45, 2.75) is 13.3 Å². The molecule has 0 radical (unpaired) electrons. The van der Waals surface area contributed by atoms with Gasteiger partial charge in [-0.05, 0) is 31.2 Å². The predicted octanol–water partition coefficient (Wildman–Crippen LogP) is 2.86. The Hall–Kier alpha value is -2.39. The lowest BCUT2D eigenvalue weighted by Gasteiger charge is -2.02. The molecule has 0 amide bonds. The van der Waals surface area contributed by atoms with Gasteiger partial charge in [-0.2, -0.15) is 5.26 Å². The summed E-state index contributed by atoms with van der Waals surface area (Å²) in [4.78, 5) is 15.7. The normalized spacial score (nSPS) is 9.80. The van der Waals surface area contributed by atoms with E-state index < -0.39 is 0 Å². The summed E-state index contributed by atoms with van der Waals surface area (Å²) in [5, 5.41) is 14.4. The van der Waals surface area contributed by atoms with Crippen LogP contribution in [0.4, 0.5) is 10.8 Å². The Bertz CT molecular complexity index is 629. The highest BCUT2D eigenvalue weighted by Crippen LogP contribution is 2.21. The molecule has 6 heteroatoms. The first kappa shape index (κ1) is 14.0. The van der Waals surface area contributed by atoms with E-state index in [0.29, 0.717) is 23.0 Å². The lowest BCUT2D eigenvalue weighted by atomic mass is 10.2. The van der Waals surface area contributed by atoms with E-state index in [-0.39, 0.29) is 12.4 Å². The van der Waals surface area contributed by atoms with Gasteiger partial charge in [0.25, 0.3) is 0 Å². The minimum atomic E-state index is -0.275. The minimum Gasteiger partial charge on any atom is -0.466 e. The molecule has 1 aromatic carbocycles. The van der Waals surface area contributed by atoms with Crippen LogP contribution < -0.4 is 5.32 Å². The lowest BCUT2D eigenvalue weighted by Crippen LogP contribution is -2.07. The summed E-state index contributed by atoms with van der Waals surface area (Å²) in [7, 11) is 0. The Morgan fingerprint density at radius 1 is 1.45 bits per heavy atom. The zero-order valence-electron chi connectivity index (χ0n) is 10.9. The van der Waals surface area contributed by atoms with Gasteiger partial charge in [-0.3, -0.25) is 4.79 Å². The second-order valence-electron chi connectivity index (χ2n) is 3.94. The number of nitriles is 1. The van der Waals surface area contributed by atoms with Gasteiger partial charge in [0.2, 0.25) is 0 Å². The van der Waals surface area contributed by atoms with Crippen LogP contribution in [0.25, 0.3) is 0 Å². The van der Waals surface area contributed by atoms with Crippen LogP contribution in [0, 0.1) is 11.3 Å². The highest BCUT2D eigenvalue weighted by molar-refractivity contribution is 7.13. The number of nitrogens with zero attached hydrogens (tertiary/aromatic N) is 2. The van der Waals surface area contributed by atoms with Gasteiger partial charge in [0.1, 0.15) is 0 Å². The molecule has 2 aromatic rings. The second kappa shape index (κ2) is 6.68. The molecule has 0 saturated carbocycles. The van der Waals surface area contributed by atoms with E-state index in [4.69, 9.17) is 10.00 Å². The number of carbonyl (C=O) groups excluding carboxylic acids is 1. The summed E-state index contributed by atoms with van der Waals surface area (Å²) >= 11 is 1.42. The second-order valence-corrected chi connectivity index (χ2v) is 4.80. The molecule has 102 valence electrons. The van der Waals surface area contributed by atoms with E-state index in [1.54, 1.807) is 19.1 Å². The number of benzene rings is 1. The molecule has 1 aromatic heterocycles. The van der Waals surface area contributed by atoms with E-state index in [1.807, 2.05) is 17.5 Å². The van der Waals surface area contributed by atoms with Crippen molar-refractivity contribution in [1.29, 1.82) is 5.26 Å². The van der Waals surface area contributed by atoms with Crippen LogP contribution in [0.2, 0.25) is 0 Å². The molecule has 1 heterocycles. The zero-order valence-corrected chi connectivity index (χ0v) is 11.7. The van der Waals surface area contributed by atoms with Crippen LogP contribution in [0.1, 0.15) is 18.2 Å². The maximum Gasteiger partial charge on any atom is 0.311 e. The molecule has 0 aliphatic heterocycles. The molecule has 0 saturated heterocycles. The van der Waals surface area contributed by atoms with Gasteiger partial charge >= 0.3 is 5.97 Å². The number of hydrogen-bond donors (Lipinski definition) is 1. The molecule has 0 bridgehead atoms. The van der Waals surface area contributed by atoms with Gasteiger partial charge < -0.3 is 10.1 Å². The molecular weight excluding hydrogens is 274 g/mol. The molecule has 0 fully saturated rings. The van der Waals surface area contributed by atoms with Gasteiger partial charge in [-0.25, -0.2) is 4.98 Å². The van der Waals surface area contributed by atoms with E-state index in [2.05, 4.69) is 16.4 Å². The van der Waals surface area contributed by atoms with Crippen LogP contribution >= 0.6 is 11.3 Å². The molecule has 0 aliphatic rings. The fourth-order valence-electron chi connectivity index (χ4n) is 1.56. The van der Waals surface area contributed by atoms with Crippen molar-refractivity contribution < 1.29 is 9.53 Å². The molecule has 20 heavy (non-hydrogen) atoms. The molecule has 0 unspecified atom stereocenters. The fraction of sp³-hybridized carbons (Fsp3) is 0.214. The topological polar surface area (TPSA) is 75.0 Å². The first-order chi connectivity index (χ1) is 9.71. The maximum absolute atomic E-state index is 11.3. The van der Waals surface area contributed by atoms with Crippen molar-refractivity contribution in [2.24, 2.45) is 0 Å². The number of anilines is 2. The van der Waals surface area contributed by atoms with Crippen LogP contribution in [0.3, 0.4) is 0 Å². The standard InChI is InChI=1S/C14H13N3O2S/c1-2-19-13(18)7-12-9-20-14(17-12)16-11-5-3-10(8-15)4-6-11/h3-6,9H,2,7H2,1H3,(H,16,17). The smallest absolute Gasteiger partial charge is 0.311 e. The van der Waals surface area contributed by atoms with Gasteiger partial charge in [-0.15, -0.1) is 11.3 Å². The Morgan fingerprint density at radius 3 is 2.85 bits per heavy atom. The highest BCUT2D eigenvalue weighted by atomic mass is 32.1. The average molecular weight is 287 g/mol. The van der Waals surface area contributed by atoms with Crippen LogP contribution in [-0.4, -0.2) is 17.6 Å². The average Bonchev–Trinajstić information content (AvgIpc) is 2.87. The van der Waals surface area contributed by atoms with E-state index in [0.717, 1.165) is 5.69 Å². The summed E-state index contributed by atoms with van der Waals surface area (Å²) in [6.07, 6.45) is 0.180. The Kier molecular flexibility index (Phi) is 4.69. The molecular formula is C14H13N3O2S. The summed E-state index contributed by atoms with van der Waals surface area (Å²) in [5.41, 5.74) is 2.14. The van der Waals surface area contributed by atoms with Crippen molar-refractivity contribution in [3.05, 3.63) is 40.9 Å². The third-order valence-electron chi connectivity index (χ3n) is 2.45. The third kappa shape index (κ3) is 3.80. The number of hydrogen-bond acceptors (Lipinski definition) is 6. The van der Waals surface area contributed by atoms with Crippen molar-refractivity contribution in [2.75, 3.05) is 11.9 Å². The SMILES string of the molecule is CCOC(=O)Cc1csc(Nc2ccc(C#N)cc2)n1. The Balaban J connectivity index is 1.98. The first-order valence-electron chi connectivity index (χ1n) is 6.08. The Morgan fingerprint density at radius 2 is 2.20 bits per heavy atom. The summed E-state index contributed by atoms with van der Waals surface area (Å²) in [6.45, 7) is 2.15. The van der Waals surface area contributed by atoms with E-state index >= 15 is 0 Å². The molecule has 1 N–H and O–H groups in total. The largest absolute Gasteiger partial charge is 0.466 e. The first-order valence-corrected chi connectivity index (χ1v) is 6.96. The Labute approximate surface area is 120 Å². The number of nitrogens with one attached hydrogen (secondary N) is 1. The van der Waals surface area contributed by atoms with Crippen LogP contribution in [-0.2, 0) is 16.0 Å². The van der Waals surface area contributed by atoms with Crippen molar-refractivity contribution in [3.8, 4) is 6.07 Å². The van der Waals surface area contributed by atoms with Crippen LogP contribution in [0.15, 0.2) is 29.6 Å². The molecule has 0 spiro atoms. The monoisotopic (exact) mass is 287 g/mol. The maximum atomic E-state index is 11.3. The van der Waals surface area contributed by atoms with E-state index in [1.165, 1.54) is 11.3 Å². The summed E-state index contributed by atoms with van der Waals surface area (Å²) < 4.78 is 4.87. The summed E-state index contributed by atoms with van der Waals surface area (Å²) in [6, 6.07) is 9.15. The number of carbonyl (C=O) groups is 1. The zero-order chi connectivity index (χ0) is 14.4. The third-order valence-corrected chi connectivity index (χ3v) is 3.25. The number of thiazole rings is 1. The molecule has 0 atom stereocenters. The predicted molar refractivity (Wildman–Crippen MR) is 76.9 cm³/mol. The number of esters is 1. The van der Waals surface area contributed by atoms with Crippen molar-refractivity contribution in [3.63, 3.8) is 0 Å². The molecule has 0 aliphatic carbocycles. The quantitative estimate of drug-likeness (QED) is 0.856. The van der Waals surface area contributed by atoms with Gasteiger partial charge in [0, 0.05) is 11.1 Å². The van der Waals surface area contributed by atoms with Gasteiger partial charge in [0.05, 0.1) is 30.4 Å². The number of aromatic nitrogens is 1. The van der Waals surface area contributed by atoms with Gasteiger partial charge in [-0.1, -0.05) is 0 Å².